The molecule has 1 aromatic rings. The number of hydrogen-bond donors (Lipinski definition) is 0. The van der Waals surface area contributed by atoms with E-state index in [1.54, 1.807) is 0 Å². The summed E-state index contributed by atoms with van der Waals surface area (Å²) in [5.74, 6) is -0.557. The minimum atomic E-state index is -0.543. The van der Waals surface area contributed by atoms with E-state index in [1.807, 2.05) is 6.92 Å². The van der Waals surface area contributed by atoms with Crippen molar-refractivity contribution in [2.45, 2.75) is 20.4 Å². The number of esters is 1. The normalized spacial score (nSPS) is 12.1. The second-order valence-electron chi connectivity index (χ2n) is 3.54. The van der Waals surface area contributed by atoms with Crippen molar-refractivity contribution >= 4 is 11.9 Å². The van der Waals surface area contributed by atoms with Gasteiger partial charge in [0.2, 0.25) is 0 Å². The highest BCUT2D eigenvalue weighted by Crippen LogP contribution is 2.11. The number of hydrogen-bond acceptors (Lipinski definition) is 5. The summed E-state index contributed by atoms with van der Waals surface area (Å²) in [6.07, 6.45) is 2.90. The molecule has 0 bridgehead atoms. The Labute approximate surface area is 92.2 Å². The minimum Gasteiger partial charge on any atom is -0.465 e. The lowest BCUT2D eigenvalue weighted by Crippen LogP contribution is -2.16. The van der Waals surface area contributed by atoms with E-state index in [2.05, 4.69) is 4.98 Å². The zero-order chi connectivity index (χ0) is 12.1. The number of aromatic nitrogens is 2. The van der Waals surface area contributed by atoms with Gasteiger partial charge in [-0.1, -0.05) is 11.9 Å². The van der Waals surface area contributed by atoms with E-state index in [-0.39, 0.29) is 24.4 Å². The number of rotatable bonds is 5. The van der Waals surface area contributed by atoms with Crippen molar-refractivity contribution in [2.75, 3.05) is 6.61 Å². The first kappa shape index (κ1) is 12.2. The molecule has 0 radical (unpaired) electrons. The van der Waals surface area contributed by atoms with E-state index in [0.29, 0.717) is 6.54 Å². The summed E-state index contributed by atoms with van der Waals surface area (Å²) in [5, 5.41) is 10.6. The van der Waals surface area contributed by atoms with E-state index >= 15 is 0 Å². The number of nitro groups is 1. The van der Waals surface area contributed by atoms with Crippen molar-refractivity contribution in [2.24, 2.45) is 5.92 Å². The summed E-state index contributed by atoms with van der Waals surface area (Å²) in [5.41, 5.74) is 0. The molecule has 0 amide bonds. The average molecular weight is 227 g/mol. The second-order valence-corrected chi connectivity index (χ2v) is 3.54. The number of carbonyl (C=O) groups excluding carboxylic acids is 1. The maximum atomic E-state index is 10.6. The summed E-state index contributed by atoms with van der Waals surface area (Å²) in [6.45, 7) is 3.80. The van der Waals surface area contributed by atoms with Crippen molar-refractivity contribution in [1.29, 1.82) is 0 Å². The van der Waals surface area contributed by atoms with E-state index in [1.165, 1.54) is 23.9 Å². The maximum Gasteiger partial charge on any atom is 0.434 e. The quantitative estimate of drug-likeness (QED) is 0.425. The average Bonchev–Trinajstić information content (AvgIpc) is 2.62. The molecule has 0 N–H and O–H groups in total. The molecule has 0 saturated carbocycles. The molecule has 1 atom stereocenters. The maximum absolute atomic E-state index is 10.6. The lowest BCUT2D eigenvalue weighted by atomic mass is 10.2. The van der Waals surface area contributed by atoms with Crippen molar-refractivity contribution in [3.8, 4) is 0 Å². The number of carbonyl (C=O) groups is 1. The zero-order valence-corrected chi connectivity index (χ0v) is 9.12. The molecular weight excluding hydrogens is 214 g/mol. The van der Waals surface area contributed by atoms with Crippen LogP contribution in [0.5, 0.6) is 0 Å². The SMILES string of the molecule is CC(=O)OCC(C)Cn1ccnc1[N+](=O)[O-]. The van der Waals surface area contributed by atoms with Gasteiger partial charge in [0.25, 0.3) is 0 Å². The van der Waals surface area contributed by atoms with Crippen molar-refractivity contribution < 1.29 is 14.5 Å². The van der Waals surface area contributed by atoms with E-state index in [4.69, 9.17) is 4.74 Å². The van der Waals surface area contributed by atoms with Gasteiger partial charge in [-0.3, -0.25) is 4.79 Å². The van der Waals surface area contributed by atoms with Gasteiger partial charge in [0.05, 0.1) is 13.2 Å². The largest absolute Gasteiger partial charge is 0.465 e. The topological polar surface area (TPSA) is 87.3 Å². The lowest BCUT2D eigenvalue weighted by molar-refractivity contribution is -0.396. The molecule has 0 fully saturated rings. The molecule has 0 aliphatic rings. The fourth-order valence-electron chi connectivity index (χ4n) is 1.26. The van der Waals surface area contributed by atoms with Crippen molar-refractivity contribution in [3.05, 3.63) is 22.5 Å². The molecule has 1 heterocycles. The first-order valence-corrected chi connectivity index (χ1v) is 4.79. The Morgan fingerprint density at radius 3 is 3.00 bits per heavy atom. The van der Waals surface area contributed by atoms with Crippen LogP contribution in [0.1, 0.15) is 13.8 Å². The number of nitrogens with zero attached hydrogens (tertiary/aromatic N) is 3. The number of ether oxygens (including phenoxy) is 1. The van der Waals surface area contributed by atoms with Gasteiger partial charge in [0, 0.05) is 12.8 Å². The van der Waals surface area contributed by atoms with E-state index in [0.717, 1.165) is 0 Å². The third kappa shape index (κ3) is 3.34. The lowest BCUT2D eigenvalue weighted by Gasteiger charge is -2.10. The summed E-state index contributed by atoms with van der Waals surface area (Å²) in [7, 11) is 0. The van der Waals surface area contributed by atoms with Crippen molar-refractivity contribution in [1.82, 2.24) is 9.55 Å². The fraction of sp³-hybridized carbons (Fsp3) is 0.556. The predicted molar refractivity (Wildman–Crippen MR) is 54.7 cm³/mol. The molecule has 1 rings (SSSR count). The van der Waals surface area contributed by atoms with Gasteiger partial charge >= 0.3 is 11.9 Å². The first-order chi connectivity index (χ1) is 7.50. The molecule has 0 saturated heterocycles. The molecule has 0 aliphatic carbocycles. The summed E-state index contributed by atoms with van der Waals surface area (Å²) >= 11 is 0. The smallest absolute Gasteiger partial charge is 0.434 e. The Hall–Kier alpha value is -1.92. The summed E-state index contributed by atoms with van der Waals surface area (Å²) < 4.78 is 6.24. The van der Waals surface area contributed by atoms with Crippen LogP contribution in [0.3, 0.4) is 0 Å². The Bertz CT molecular complexity index is 388. The minimum absolute atomic E-state index is 0.00296. The molecule has 0 aliphatic heterocycles. The Morgan fingerprint density at radius 1 is 1.75 bits per heavy atom. The number of imidazole rings is 1. The molecular formula is C9H13N3O4. The Balaban J connectivity index is 2.55. The highest BCUT2D eigenvalue weighted by molar-refractivity contribution is 5.65. The van der Waals surface area contributed by atoms with Crippen LogP contribution in [0.4, 0.5) is 5.95 Å². The standard InChI is InChI=1S/C9H13N3O4/c1-7(6-16-8(2)13)5-11-4-3-10-9(11)12(14)15/h3-4,7H,5-6H2,1-2H3. The van der Waals surface area contributed by atoms with Gasteiger partial charge in [0.1, 0.15) is 12.4 Å². The predicted octanol–water partition coefficient (Wildman–Crippen LogP) is 0.990. The fourth-order valence-corrected chi connectivity index (χ4v) is 1.26. The van der Waals surface area contributed by atoms with Crippen LogP contribution in [0.25, 0.3) is 0 Å². The van der Waals surface area contributed by atoms with Crippen LogP contribution < -0.4 is 0 Å². The highest BCUT2D eigenvalue weighted by Gasteiger charge is 2.16. The van der Waals surface area contributed by atoms with Gasteiger partial charge < -0.3 is 14.9 Å². The molecule has 1 aromatic heterocycles. The molecule has 7 heteroatoms. The Morgan fingerprint density at radius 2 is 2.44 bits per heavy atom. The van der Waals surface area contributed by atoms with Gasteiger partial charge in [-0.15, -0.1) is 0 Å². The van der Waals surface area contributed by atoms with Gasteiger partial charge in [-0.2, -0.15) is 0 Å². The van der Waals surface area contributed by atoms with Gasteiger partial charge in [-0.05, 0) is 4.92 Å². The molecule has 88 valence electrons. The molecule has 7 nitrogen and oxygen atoms in total. The molecule has 1 unspecified atom stereocenters. The zero-order valence-electron chi connectivity index (χ0n) is 9.12. The highest BCUT2D eigenvalue weighted by atomic mass is 16.6. The monoisotopic (exact) mass is 227 g/mol. The van der Waals surface area contributed by atoms with Crippen LogP contribution in [-0.2, 0) is 16.1 Å². The second kappa shape index (κ2) is 5.24. The van der Waals surface area contributed by atoms with Crippen LogP contribution in [0.15, 0.2) is 12.4 Å². The van der Waals surface area contributed by atoms with Gasteiger partial charge in [0.15, 0.2) is 0 Å². The first-order valence-electron chi connectivity index (χ1n) is 4.79. The third-order valence-corrected chi connectivity index (χ3v) is 1.94. The van der Waals surface area contributed by atoms with E-state index < -0.39 is 4.92 Å². The Kier molecular flexibility index (Phi) is 3.98. The summed E-state index contributed by atoms with van der Waals surface area (Å²) in [6, 6.07) is 0. The van der Waals surface area contributed by atoms with Crippen LogP contribution >= 0.6 is 0 Å². The molecule has 0 spiro atoms. The van der Waals surface area contributed by atoms with Crippen LogP contribution in [-0.4, -0.2) is 27.1 Å². The molecule has 16 heavy (non-hydrogen) atoms. The van der Waals surface area contributed by atoms with Crippen LogP contribution in [0, 0.1) is 16.0 Å². The third-order valence-electron chi connectivity index (χ3n) is 1.94. The van der Waals surface area contributed by atoms with Gasteiger partial charge in [-0.25, -0.2) is 4.57 Å². The van der Waals surface area contributed by atoms with Crippen LogP contribution in [0.2, 0.25) is 0 Å². The van der Waals surface area contributed by atoms with E-state index in [9.17, 15) is 14.9 Å². The summed E-state index contributed by atoms with van der Waals surface area (Å²) in [4.78, 5) is 24.2. The molecule has 0 aromatic carbocycles. The van der Waals surface area contributed by atoms with Crippen molar-refractivity contribution in [3.63, 3.8) is 0 Å².